The van der Waals surface area contributed by atoms with Crippen LogP contribution >= 0.6 is 0 Å². The Bertz CT molecular complexity index is 33.4. The Labute approximate surface area is 45.4 Å². The van der Waals surface area contributed by atoms with Gasteiger partial charge in [0.05, 0.1) is 0 Å². The summed E-state index contributed by atoms with van der Waals surface area (Å²) < 4.78 is 0. The SMILES string of the molecule is [CH2][C](C)[CH][C](C)[O]. The molecule has 0 N–H and O–H groups in total. The molecule has 0 aliphatic heterocycles. The third kappa shape index (κ3) is 5.96. The van der Waals surface area contributed by atoms with Crippen LogP contribution in [0, 0.1) is 25.4 Å². The van der Waals surface area contributed by atoms with Gasteiger partial charge in [0.15, 0.2) is 0 Å². The summed E-state index contributed by atoms with van der Waals surface area (Å²) in [5.74, 6) is 0.813. The standard InChI is InChI=1S/C6H9O/c1-5(2)4-6(3)7/h4H,1H2,2-3H3. The highest BCUT2D eigenvalue weighted by Gasteiger charge is 2.01. The van der Waals surface area contributed by atoms with Gasteiger partial charge < -0.3 is 0 Å². The number of hydrogen-bond acceptors (Lipinski definition) is 0. The Kier molecular flexibility index (Phi) is 3.01. The lowest BCUT2D eigenvalue weighted by molar-refractivity contribution is 0.229. The van der Waals surface area contributed by atoms with Crippen molar-refractivity contribution in [2.45, 2.75) is 13.8 Å². The zero-order valence-electron chi connectivity index (χ0n) is 4.69. The largest absolute Gasteiger partial charge is 0.226 e. The lowest BCUT2D eigenvalue weighted by Crippen LogP contribution is -1.92. The van der Waals surface area contributed by atoms with Crippen LogP contribution in [0.3, 0.4) is 0 Å². The third-order valence-electron chi connectivity index (χ3n) is 0.450. The third-order valence-corrected chi connectivity index (χ3v) is 0.450. The molecule has 0 aliphatic carbocycles. The van der Waals surface area contributed by atoms with Crippen molar-refractivity contribution in [3.05, 3.63) is 25.4 Å². The molecule has 0 saturated carbocycles. The van der Waals surface area contributed by atoms with E-state index in [4.69, 9.17) is 0 Å². The minimum absolute atomic E-state index is 0.0625. The molecule has 0 aromatic carbocycles. The summed E-state index contributed by atoms with van der Waals surface area (Å²) in [5.41, 5.74) is 0. The van der Waals surface area contributed by atoms with Crippen molar-refractivity contribution in [2.24, 2.45) is 0 Å². The first kappa shape index (κ1) is 6.96. The second-order valence-electron chi connectivity index (χ2n) is 1.60. The normalized spacial score (nSPS) is 11.1. The monoisotopic (exact) mass is 97.1 g/mol. The highest BCUT2D eigenvalue weighted by atomic mass is 16.3. The van der Waals surface area contributed by atoms with Gasteiger partial charge in [-0.25, -0.2) is 5.11 Å². The van der Waals surface area contributed by atoms with Crippen molar-refractivity contribution >= 4 is 0 Å². The van der Waals surface area contributed by atoms with Gasteiger partial charge in [0.2, 0.25) is 0 Å². The molecule has 0 heterocycles. The molecule has 0 aliphatic rings. The van der Waals surface area contributed by atoms with E-state index in [9.17, 15) is 5.11 Å². The fourth-order valence-electron chi connectivity index (χ4n) is 0.347. The number of hydrogen-bond donors (Lipinski definition) is 0. The van der Waals surface area contributed by atoms with Gasteiger partial charge in [0, 0.05) is 6.42 Å². The second kappa shape index (κ2) is 3.03. The van der Waals surface area contributed by atoms with E-state index in [1.54, 1.807) is 6.92 Å². The predicted molar refractivity (Wildman–Crippen MR) is 28.2 cm³/mol. The first-order valence-corrected chi connectivity index (χ1v) is 2.14. The van der Waals surface area contributed by atoms with E-state index in [2.05, 4.69) is 6.92 Å². The summed E-state index contributed by atoms with van der Waals surface area (Å²) in [4.78, 5) is 0. The van der Waals surface area contributed by atoms with Gasteiger partial charge in [-0.3, -0.25) is 0 Å². The summed E-state index contributed by atoms with van der Waals surface area (Å²) in [6.45, 7) is 6.82. The Hall–Kier alpha value is -0.0400. The summed E-state index contributed by atoms with van der Waals surface area (Å²) in [7, 11) is 0. The van der Waals surface area contributed by atoms with E-state index in [0.717, 1.165) is 5.92 Å². The van der Waals surface area contributed by atoms with E-state index in [-0.39, 0.29) is 6.10 Å². The summed E-state index contributed by atoms with van der Waals surface area (Å²) in [6.07, 6.45) is 1.56. The molecule has 0 atom stereocenters. The van der Waals surface area contributed by atoms with E-state index in [0.29, 0.717) is 0 Å². The maximum Gasteiger partial charge on any atom is 0.136 e. The van der Waals surface area contributed by atoms with E-state index >= 15 is 0 Å². The smallest absolute Gasteiger partial charge is 0.136 e. The molecule has 0 unspecified atom stereocenters. The Balaban J connectivity index is 2.95. The maximum absolute atomic E-state index is 10.1. The van der Waals surface area contributed by atoms with Gasteiger partial charge >= 0.3 is 0 Å². The lowest BCUT2D eigenvalue weighted by atomic mass is 10.1. The molecular formula is C6H9O. The van der Waals surface area contributed by atoms with Crippen LogP contribution in [0.5, 0.6) is 0 Å². The van der Waals surface area contributed by atoms with Crippen molar-refractivity contribution in [3.8, 4) is 0 Å². The summed E-state index contributed by atoms with van der Waals surface area (Å²) in [5, 5.41) is 10.1. The molecule has 5 radical (unpaired) electrons. The van der Waals surface area contributed by atoms with Crippen LogP contribution in [0.15, 0.2) is 0 Å². The van der Waals surface area contributed by atoms with E-state index in [1.165, 1.54) is 13.3 Å². The van der Waals surface area contributed by atoms with Gasteiger partial charge in [0.1, 0.15) is 6.10 Å². The van der Waals surface area contributed by atoms with Gasteiger partial charge in [-0.1, -0.05) is 6.92 Å². The molecule has 39 valence electrons. The van der Waals surface area contributed by atoms with Crippen LogP contribution in [0.25, 0.3) is 0 Å². The molecule has 0 amide bonds. The van der Waals surface area contributed by atoms with Crippen molar-refractivity contribution in [2.75, 3.05) is 0 Å². The Morgan fingerprint density at radius 2 is 2.00 bits per heavy atom. The number of rotatable bonds is 2. The zero-order valence-corrected chi connectivity index (χ0v) is 4.69. The average Bonchev–Trinajstić information content (AvgIpc) is 1.27. The molecule has 0 bridgehead atoms. The quantitative estimate of drug-likeness (QED) is 0.498. The summed E-state index contributed by atoms with van der Waals surface area (Å²) >= 11 is 0. The molecule has 7 heavy (non-hydrogen) atoms. The van der Waals surface area contributed by atoms with Crippen molar-refractivity contribution in [3.63, 3.8) is 0 Å². The molecule has 1 nitrogen and oxygen atoms in total. The van der Waals surface area contributed by atoms with Crippen LogP contribution in [-0.4, -0.2) is 0 Å². The summed E-state index contributed by atoms with van der Waals surface area (Å²) in [6, 6.07) is 0. The highest BCUT2D eigenvalue weighted by Crippen LogP contribution is 2.08. The minimum atomic E-state index is 0.0625. The maximum atomic E-state index is 10.1. The molecule has 1 heteroatoms. The van der Waals surface area contributed by atoms with Crippen molar-refractivity contribution < 1.29 is 5.11 Å². The van der Waals surface area contributed by atoms with E-state index < -0.39 is 0 Å². The first-order valence-electron chi connectivity index (χ1n) is 2.14. The lowest BCUT2D eigenvalue weighted by Gasteiger charge is -1.99. The van der Waals surface area contributed by atoms with Crippen molar-refractivity contribution in [1.82, 2.24) is 0 Å². The average molecular weight is 97.1 g/mol. The zero-order chi connectivity index (χ0) is 5.86. The van der Waals surface area contributed by atoms with Crippen LogP contribution in [0.2, 0.25) is 0 Å². The fraction of sp³-hybridized carbons (Fsp3) is 0.333. The Morgan fingerprint density at radius 1 is 1.57 bits per heavy atom. The molecule has 0 aromatic heterocycles. The van der Waals surface area contributed by atoms with Crippen LogP contribution in [0.4, 0.5) is 0 Å². The fourth-order valence-corrected chi connectivity index (χ4v) is 0.347. The molecular weight excluding hydrogens is 88.1 g/mol. The Morgan fingerprint density at radius 3 is 2.00 bits per heavy atom. The van der Waals surface area contributed by atoms with Crippen LogP contribution in [-0.2, 0) is 5.11 Å². The second-order valence-corrected chi connectivity index (χ2v) is 1.60. The predicted octanol–water partition coefficient (Wildman–Crippen LogP) is 1.60. The van der Waals surface area contributed by atoms with Gasteiger partial charge in [-0.05, 0) is 19.8 Å². The van der Waals surface area contributed by atoms with E-state index in [1.807, 2.05) is 0 Å². The molecule has 0 rings (SSSR count). The minimum Gasteiger partial charge on any atom is -0.226 e. The van der Waals surface area contributed by atoms with Gasteiger partial charge in [0.25, 0.3) is 0 Å². The van der Waals surface area contributed by atoms with Gasteiger partial charge in [-0.2, -0.15) is 0 Å². The van der Waals surface area contributed by atoms with Crippen molar-refractivity contribution in [1.29, 1.82) is 0 Å². The van der Waals surface area contributed by atoms with Crippen LogP contribution < -0.4 is 0 Å². The van der Waals surface area contributed by atoms with Crippen LogP contribution in [0.1, 0.15) is 13.8 Å². The van der Waals surface area contributed by atoms with Gasteiger partial charge in [-0.15, -0.1) is 0 Å². The molecule has 0 fully saturated rings. The first-order chi connectivity index (χ1) is 3.13. The molecule has 0 saturated heterocycles. The molecule has 0 spiro atoms. The topological polar surface area (TPSA) is 19.9 Å². The highest BCUT2D eigenvalue weighted by molar-refractivity contribution is 5.11. The molecule has 0 aromatic rings.